The van der Waals surface area contributed by atoms with Crippen molar-refractivity contribution in [2.75, 3.05) is 0 Å². The molecule has 1 atom stereocenters. The fraction of sp³-hybridized carbons (Fsp3) is 0.667. The first-order valence-corrected chi connectivity index (χ1v) is 7.88. The van der Waals surface area contributed by atoms with Crippen molar-refractivity contribution in [3.05, 3.63) is 34.9 Å². The maximum absolute atomic E-state index is 6.55. The molecule has 0 aromatic heterocycles. The van der Waals surface area contributed by atoms with Gasteiger partial charge in [0.25, 0.3) is 0 Å². The molecule has 0 saturated heterocycles. The Bertz CT molecular complexity index is 469. The van der Waals surface area contributed by atoms with Gasteiger partial charge in [-0.3, -0.25) is 0 Å². The summed E-state index contributed by atoms with van der Waals surface area (Å²) in [5, 5.41) is 0.117. The van der Waals surface area contributed by atoms with Crippen molar-refractivity contribution < 1.29 is 0 Å². The van der Waals surface area contributed by atoms with E-state index in [0.717, 1.165) is 0 Å². The monoisotopic (exact) mass is 278 g/mol. The topological polar surface area (TPSA) is 0 Å². The van der Waals surface area contributed by atoms with Crippen LogP contribution in [0.3, 0.4) is 0 Å². The first-order chi connectivity index (χ1) is 8.65. The maximum atomic E-state index is 6.55. The Hall–Kier alpha value is -0.490. The third kappa shape index (κ3) is 2.70. The zero-order valence-corrected chi connectivity index (χ0v) is 13.9. The highest BCUT2D eigenvalue weighted by atomic mass is 35.5. The summed E-state index contributed by atoms with van der Waals surface area (Å²) >= 11 is 6.55. The highest BCUT2D eigenvalue weighted by Gasteiger charge is 2.37. The number of fused-ring (bicyclic) bond motifs is 1. The van der Waals surface area contributed by atoms with Gasteiger partial charge in [0.2, 0.25) is 0 Å². The Morgan fingerprint density at radius 2 is 1.47 bits per heavy atom. The van der Waals surface area contributed by atoms with Crippen LogP contribution >= 0.6 is 11.6 Å². The lowest BCUT2D eigenvalue weighted by molar-refractivity contribution is 0.331. The highest BCUT2D eigenvalue weighted by molar-refractivity contribution is 6.21. The van der Waals surface area contributed by atoms with Gasteiger partial charge in [0.15, 0.2) is 0 Å². The largest absolute Gasteiger partial charge is 0.118 e. The van der Waals surface area contributed by atoms with Crippen LogP contribution in [0.5, 0.6) is 0 Å². The second-order valence-electron chi connectivity index (χ2n) is 7.72. The lowest BCUT2D eigenvalue weighted by Crippen LogP contribution is -2.34. The maximum Gasteiger partial charge on any atom is 0.0608 e. The molecule has 1 heteroatoms. The number of rotatable bonds is 2. The Morgan fingerprint density at radius 1 is 0.947 bits per heavy atom. The van der Waals surface area contributed by atoms with E-state index in [9.17, 15) is 0 Å². The molecule has 106 valence electrons. The van der Waals surface area contributed by atoms with Gasteiger partial charge in [0, 0.05) is 0 Å². The first-order valence-electron chi connectivity index (χ1n) is 7.44. The van der Waals surface area contributed by atoms with Gasteiger partial charge < -0.3 is 0 Å². The van der Waals surface area contributed by atoms with E-state index in [-0.39, 0.29) is 10.8 Å². The average molecular weight is 279 g/mol. The van der Waals surface area contributed by atoms with Gasteiger partial charge in [0.1, 0.15) is 0 Å². The van der Waals surface area contributed by atoms with Crippen molar-refractivity contribution in [3.63, 3.8) is 0 Å². The smallest absolute Gasteiger partial charge is 0.0608 e. The summed E-state index contributed by atoms with van der Waals surface area (Å²) in [4.78, 5) is 0. The van der Waals surface area contributed by atoms with E-state index in [0.29, 0.717) is 11.3 Å². The zero-order chi connectivity index (χ0) is 14.4. The molecule has 19 heavy (non-hydrogen) atoms. The van der Waals surface area contributed by atoms with Crippen LogP contribution in [0, 0.1) is 5.92 Å². The molecular weight excluding hydrogens is 252 g/mol. The molecule has 0 nitrogen and oxygen atoms in total. The van der Waals surface area contributed by atoms with Crippen molar-refractivity contribution in [2.45, 2.75) is 70.6 Å². The number of hydrogen-bond donors (Lipinski definition) is 0. The van der Waals surface area contributed by atoms with Crippen molar-refractivity contribution in [1.82, 2.24) is 0 Å². The molecule has 0 spiro atoms. The SMILES string of the molecule is CC(C)C(Cl)c1ccc2c(c1)C(C)(C)CCC2(C)C. The summed E-state index contributed by atoms with van der Waals surface area (Å²) in [5.74, 6) is 0.472. The van der Waals surface area contributed by atoms with E-state index >= 15 is 0 Å². The third-order valence-corrected chi connectivity index (χ3v) is 5.54. The van der Waals surface area contributed by atoms with Gasteiger partial charge in [-0.2, -0.15) is 0 Å². The van der Waals surface area contributed by atoms with E-state index in [1.807, 2.05) is 0 Å². The van der Waals surface area contributed by atoms with Crippen molar-refractivity contribution in [1.29, 1.82) is 0 Å². The second kappa shape index (κ2) is 4.81. The molecule has 0 fully saturated rings. The van der Waals surface area contributed by atoms with Gasteiger partial charge >= 0.3 is 0 Å². The standard InChI is InChI=1S/C18H27Cl/c1-12(2)16(19)13-7-8-14-15(11-13)18(5,6)10-9-17(14,3)4/h7-8,11-12,16H,9-10H2,1-6H3. The summed E-state index contributed by atoms with van der Waals surface area (Å²) in [6.45, 7) is 13.8. The summed E-state index contributed by atoms with van der Waals surface area (Å²) in [5.41, 5.74) is 4.87. The normalized spacial score (nSPS) is 22.1. The van der Waals surface area contributed by atoms with Crippen LogP contribution in [0.15, 0.2) is 18.2 Å². The molecule has 1 aromatic carbocycles. The molecule has 1 aliphatic rings. The Balaban J connectivity index is 2.53. The number of benzene rings is 1. The molecular formula is C18H27Cl. The zero-order valence-electron chi connectivity index (χ0n) is 13.2. The molecule has 0 bridgehead atoms. The lowest BCUT2D eigenvalue weighted by atomic mass is 9.63. The fourth-order valence-corrected chi connectivity index (χ4v) is 3.30. The summed E-state index contributed by atoms with van der Waals surface area (Å²) in [6, 6.07) is 6.93. The van der Waals surface area contributed by atoms with Gasteiger partial charge in [0.05, 0.1) is 5.38 Å². The van der Waals surface area contributed by atoms with Crippen LogP contribution < -0.4 is 0 Å². The number of hydrogen-bond acceptors (Lipinski definition) is 0. The minimum atomic E-state index is 0.117. The quantitative estimate of drug-likeness (QED) is 0.585. The summed E-state index contributed by atoms with van der Waals surface area (Å²) < 4.78 is 0. The van der Waals surface area contributed by atoms with E-state index in [2.05, 4.69) is 59.7 Å². The molecule has 0 heterocycles. The fourth-order valence-electron chi connectivity index (χ4n) is 3.16. The number of halogens is 1. The minimum absolute atomic E-state index is 0.117. The third-order valence-electron chi connectivity index (χ3n) is 4.78. The Labute approximate surface area is 123 Å². The van der Waals surface area contributed by atoms with Crippen LogP contribution in [-0.4, -0.2) is 0 Å². The minimum Gasteiger partial charge on any atom is -0.118 e. The molecule has 1 unspecified atom stereocenters. The molecule has 2 rings (SSSR count). The van der Waals surface area contributed by atoms with Crippen LogP contribution in [0.25, 0.3) is 0 Å². The van der Waals surface area contributed by atoms with Crippen molar-refractivity contribution in [3.8, 4) is 0 Å². The molecule has 0 saturated carbocycles. The summed E-state index contributed by atoms with van der Waals surface area (Å²) in [6.07, 6.45) is 2.52. The summed E-state index contributed by atoms with van der Waals surface area (Å²) in [7, 11) is 0. The van der Waals surface area contributed by atoms with Gasteiger partial charge in [-0.05, 0) is 46.3 Å². The molecule has 0 amide bonds. The van der Waals surface area contributed by atoms with Gasteiger partial charge in [-0.25, -0.2) is 0 Å². The average Bonchev–Trinajstić information content (AvgIpc) is 2.33. The predicted molar refractivity (Wildman–Crippen MR) is 85.2 cm³/mol. The predicted octanol–water partition coefficient (Wildman–Crippen LogP) is 5.97. The molecule has 1 aromatic rings. The van der Waals surface area contributed by atoms with E-state index in [1.54, 1.807) is 0 Å². The second-order valence-corrected chi connectivity index (χ2v) is 8.19. The van der Waals surface area contributed by atoms with E-state index in [1.165, 1.54) is 29.5 Å². The number of alkyl halides is 1. The van der Waals surface area contributed by atoms with Crippen LogP contribution in [0.4, 0.5) is 0 Å². The molecule has 0 N–H and O–H groups in total. The highest BCUT2D eigenvalue weighted by Crippen LogP contribution is 2.46. The van der Waals surface area contributed by atoms with Crippen LogP contribution in [0.2, 0.25) is 0 Å². The Kier molecular flexibility index (Phi) is 3.77. The van der Waals surface area contributed by atoms with Crippen LogP contribution in [-0.2, 0) is 10.8 Å². The van der Waals surface area contributed by atoms with Gasteiger partial charge in [-0.1, -0.05) is 59.7 Å². The first kappa shape index (κ1) is 14.9. The van der Waals surface area contributed by atoms with E-state index in [4.69, 9.17) is 11.6 Å². The van der Waals surface area contributed by atoms with Crippen molar-refractivity contribution in [2.24, 2.45) is 5.92 Å². The van der Waals surface area contributed by atoms with Crippen molar-refractivity contribution >= 4 is 11.6 Å². The van der Waals surface area contributed by atoms with E-state index < -0.39 is 0 Å². The van der Waals surface area contributed by atoms with Gasteiger partial charge in [-0.15, -0.1) is 11.6 Å². The van der Waals surface area contributed by atoms with Crippen LogP contribution in [0.1, 0.15) is 76.5 Å². The Morgan fingerprint density at radius 3 is 2.00 bits per heavy atom. The lowest BCUT2D eigenvalue weighted by Gasteiger charge is -2.42. The molecule has 1 aliphatic carbocycles. The molecule has 0 aliphatic heterocycles. The molecule has 0 radical (unpaired) electrons.